The van der Waals surface area contributed by atoms with Crippen LogP contribution in [-0.2, 0) is 12.2 Å². The van der Waals surface area contributed by atoms with E-state index in [2.05, 4.69) is 46.7 Å². The second kappa shape index (κ2) is 11.0. The maximum absolute atomic E-state index is 12.5. The molecule has 4 aromatic rings. The summed E-state index contributed by atoms with van der Waals surface area (Å²) in [5.74, 6) is 1.45. The first-order valence-corrected chi connectivity index (χ1v) is 12.0. The largest absolute Gasteiger partial charge is 0.455 e. The van der Waals surface area contributed by atoms with E-state index in [-0.39, 0.29) is 11.9 Å². The minimum atomic E-state index is -0.186. The number of carbonyl (C=O) groups excluding carboxylic acids is 1. The Kier molecular flexibility index (Phi) is 7.58. The summed E-state index contributed by atoms with van der Waals surface area (Å²) in [6.45, 7) is 4.07. The molecule has 33 heavy (non-hydrogen) atoms. The van der Waals surface area contributed by atoms with Crippen LogP contribution in [0.15, 0.2) is 88.3 Å². The van der Waals surface area contributed by atoms with E-state index in [1.54, 1.807) is 6.07 Å². The number of benzene rings is 2. The molecule has 0 spiro atoms. The van der Waals surface area contributed by atoms with E-state index in [1.165, 1.54) is 22.9 Å². The van der Waals surface area contributed by atoms with Gasteiger partial charge in [0.15, 0.2) is 5.76 Å². The Bertz CT molecular complexity index is 1170. The van der Waals surface area contributed by atoms with Crippen molar-refractivity contribution in [1.29, 1.82) is 0 Å². The lowest BCUT2D eigenvalue weighted by molar-refractivity contribution is 0.0909. The van der Waals surface area contributed by atoms with E-state index in [0.717, 1.165) is 34.9 Å². The molecule has 5 nitrogen and oxygen atoms in total. The summed E-state index contributed by atoms with van der Waals surface area (Å²) in [5, 5.41) is 12.5. The van der Waals surface area contributed by atoms with Crippen molar-refractivity contribution >= 4 is 17.7 Å². The molecule has 168 valence electrons. The summed E-state index contributed by atoms with van der Waals surface area (Å²) in [5.41, 5.74) is 4.37. The van der Waals surface area contributed by atoms with Crippen LogP contribution in [0.1, 0.15) is 40.8 Å². The summed E-state index contributed by atoms with van der Waals surface area (Å²) in [7, 11) is 0. The number of furan rings is 1. The zero-order chi connectivity index (χ0) is 23.0. The van der Waals surface area contributed by atoms with Gasteiger partial charge in [0.25, 0.3) is 5.91 Å². The molecule has 1 N–H and O–H groups in total. The zero-order valence-electron chi connectivity index (χ0n) is 18.8. The zero-order valence-corrected chi connectivity index (χ0v) is 19.6. The van der Waals surface area contributed by atoms with E-state index in [9.17, 15) is 4.79 Å². The monoisotopic (exact) mass is 457 g/mol. The van der Waals surface area contributed by atoms with Crippen molar-refractivity contribution in [3.8, 4) is 11.3 Å². The molecule has 0 aliphatic rings. The first kappa shape index (κ1) is 22.8. The van der Waals surface area contributed by atoms with Crippen molar-refractivity contribution in [2.24, 2.45) is 0 Å². The highest BCUT2D eigenvalue weighted by molar-refractivity contribution is 7.98. The molecule has 0 bridgehead atoms. The lowest BCUT2D eigenvalue weighted by atomic mass is 10.1. The quantitative estimate of drug-likeness (QED) is 0.308. The van der Waals surface area contributed by atoms with Gasteiger partial charge in [-0.3, -0.25) is 4.79 Å². The Hall–Kier alpha value is -3.38. The Morgan fingerprint density at radius 2 is 1.76 bits per heavy atom. The molecule has 4 rings (SSSR count). The summed E-state index contributed by atoms with van der Waals surface area (Å²) in [6, 6.07) is 26.0. The summed E-state index contributed by atoms with van der Waals surface area (Å²) in [4.78, 5) is 12.5. The molecule has 0 saturated heterocycles. The maximum atomic E-state index is 12.5. The van der Waals surface area contributed by atoms with Crippen molar-refractivity contribution in [3.63, 3.8) is 0 Å². The number of amides is 1. The van der Waals surface area contributed by atoms with Crippen LogP contribution in [0.3, 0.4) is 0 Å². The molecular formula is C27H27N3O2S. The predicted octanol–water partition coefficient (Wildman–Crippen LogP) is 6.09. The standard InChI is InChI=1S/C27H27N3O2S/c1-19-8-12-22(13-9-19)24-15-17-26(30-29-24)33-18-23-14-16-25(32-23)27(31)28-20(2)10-11-21-6-4-3-5-7-21/h3-9,12-17,20H,10-11,18H2,1-2H3,(H,28,31)/t20-/m1/s1. The number of carbonyl (C=O) groups is 1. The first-order valence-electron chi connectivity index (χ1n) is 11.0. The van der Waals surface area contributed by atoms with Crippen LogP contribution < -0.4 is 5.32 Å². The molecule has 0 fully saturated rings. The Balaban J connectivity index is 1.26. The molecule has 6 heteroatoms. The van der Waals surface area contributed by atoms with Gasteiger partial charge in [-0.25, -0.2) is 0 Å². The van der Waals surface area contributed by atoms with Gasteiger partial charge >= 0.3 is 0 Å². The van der Waals surface area contributed by atoms with E-state index in [0.29, 0.717) is 11.5 Å². The molecule has 2 aromatic carbocycles. The third-order valence-corrected chi connectivity index (χ3v) is 6.26. The molecule has 2 heterocycles. The van der Waals surface area contributed by atoms with Gasteiger partial charge in [-0.15, -0.1) is 10.2 Å². The maximum Gasteiger partial charge on any atom is 0.287 e. The van der Waals surface area contributed by atoms with Crippen molar-refractivity contribution in [1.82, 2.24) is 15.5 Å². The number of hydrogen-bond donors (Lipinski definition) is 1. The molecule has 0 aliphatic carbocycles. The molecule has 0 aliphatic heterocycles. The van der Waals surface area contributed by atoms with E-state index in [1.807, 2.05) is 55.5 Å². The molecular weight excluding hydrogens is 430 g/mol. The molecule has 0 unspecified atom stereocenters. The molecule has 0 radical (unpaired) electrons. The summed E-state index contributed by atoms with van der Waals surface area (Å²) < 4.78 is 5.75. The number of aryl methyl sites for hydroxylation is 2. The lowest BCUT2D eigenvalue weighted by Crippen LogP contribution is -2.32. The Labute approximate surface area is 198 Å². The Morgan fingerprint density at radius 1 is 0.970 bits per heavy atom. The van der Waals surface area contributed by atoms with Crippen molar-refractivity contribution in [2.45, 2.75) is 43.5 Å². The van der Waals surface area contributed by atoms with Crippen LogP contribution in [0.4, 0.5) is 0 Å². The van der Waals surface area contributed by atoms with Gasteiger partial charge in [0.1, 0.15) is 10.8 Å². The highest BCUT2D eigenvalue weighted by Gasteiger charge is 2.14. The van der Waals surface area contributed by atoms with E-state index >= 15 is 0 Å². The van der Waals surface area contributed by atoms with Crippen molar-refractivity contribution in [3.05, 3.63) is 102 Å². The van der Waals surface area contributed by atoms with Crippen LogP contribution >= 0.6 is 11.8 Å². The van der Waals surface area contributed by atoms with Crippen LogP contribution in [0.2, 0.25) is 0 Å². The van der Waals surface area contributed by atoms with Crippen molar-refractivity contribution < 1.29 is 9.21 Å². The number of thioether (sulfide) groups is 1. The number of aromatic nitrogens is 2. The predicted molar refractivity (Wildman–Crippen MR) is 132 cm³/mol. The third-order valence-electron chi connectivity index (χ3n) is 5.32. The van der Waals surface area contributed by atoms with Gasteiger partial charge in [-0.05, 0) is 56.5 Å². The SMILES string of the molecule is Cc1ccc(-c2ccc(SCc3ccc(C(=O)N[C@H](C)CCc4ccccc4)o3)nn2)cc1. The number of hydrogen-bond acceptors (Lipinski definition) is 5. The van der Waals surface area contributed by atoms with Gasteiger partial charge < -0.3 is 9.73 Å². The topological polar surface area (TPSA) is 68.0 Å². The normalized spacial score (nSPS) is 11.8. The van der Waals surface area contributed by atoms with E-state index < -0.39 is 0 Å². The van der Waals surface area contributed by atoms with Crippen LogP contribution in [0.5, 0.6) is 0 Å². The fourth-order valence-corrected chi connectivity index (χ4v) is 4.10. The second-order valence-electron chi connectivity index (χ2n) is 8.08. The molecule has 1 atom stereocenters. The first-order chi connectivity index (χ1) is 16.1. The fourth-order valence-electron chi connectivity index (χ4n) is 3.39. The van der Waals surface area contributed by atoms with Crippen molar-refractivity contribution in [2.75, 3.05) is 0 Å². The van der Waals surface area contributed by atoms with Gasteiger partial charge in [-0.2, -0.15) is 0 Å². The molecule has 1 amide bonds. The number of nitrogens with one attached hydrogen (secondary N) is 1. The minimum Gasteiger partial charge on any atom is -0.455 e. The van der Waals surface area contributed by atoms with Crippen LogP contribution in [0.25, 0.3) is 11.3 Å². The van der Waals surface area contributed by atoms with Gasteiger partial charge in [0.05, 0.1) is 11.4 Å². The summed E-state index contributed by atoms with van der Waals surface area (Å²) in [6.07, 6.45) is 1.79. The van der Waals surface area contributed by atoms with Crippen LogP contribution in [0, 0.1) is 6.92 Å². The molecule has 2 aromatic heterocycles. The lowest BCUT2D eigenvalue weighted by Gasteiger charge is -2.12. The molecule has 0 saturated carbocycles. The van der Waals surface area contributed by atoms with Gasteiger partial charge in [0, 0.05) is 11.6 Å². The average Bonchev–Trinajstić information content (AvgIpc) is 3.32. The van der Waals surface area contributed by atoms with Crippen LogP contribution in [-0.4, -0.2) is 22.1 Å². The third kappa shape index (κ3) is 6.56. The fraction of sp³-hybridized carbons (Fsp3) is 0.222. The smallest absolute Gasteiger partial charge is 0.287 e. The highest BCUT2D eigenvalue weighted by atomic mass is 32.2. The van der Waals surface area contributed by atoms with Gasteiger partial charge in [0.2, 0.25) is 0 Å². The van der Waals surface area contributed by atoms with Gasteiger partial charge in [-0.1, -0.05) is 71.9 Å². The average molecular weight is 458 g/mol. The second-order valence-corrected chi connectivity index (χ2v) is 9.07. The highest BCUT2D eigenvalue weighted by Crippen LogP contribution is 2.24. The Morgan fingerprint density at radius 3 is 2.48 bits per heavy atom. The summed E-state index contributed by atoms with van der Waals surface area (Å²) >= 11 is 1.53. The minimum absolute atomic E-state index is 0.0583. The number of rotatable bonds is 9. The number of nitrogens with zero attached hydrogens (tertiary/aromatic N) is 2. The van der Waals surface area contributed by atoms with E-state index in [4.69, 9.17) is 4.42 Å².